The van der Waals surface area contributed by atoms with Crippen LogP contribution >= 0.6 is 0 Å². The monoisotopic (exact) mass is 446 g/mol. The Morgan fingerprint density at radius 1 is 0.697 bits per heavy atom. The minimum atomic E-state index is -1.37. The molecule has 0 heterocycles. The number of hydrogen-bond donors (Lipinski definition) is 0. The van der Waals surface area contributed by atoms with Gasteiger partial charge < -0.3 is 4.74 Å². The van der Waals surface area contributed by atoms with Crippen LogP contribution < -0.4 is 4.74 Å². The van der Waals surface area contributed by atoms with Gasteiger partial charge in [0.2, 0.25) is 5.82 Å². The number of rotatable bonds is 8. The lowest BCUT2D eigenvalue weighted by Crippen LogP contribution is -2.12. The first-order chi connectivity index (χ1) is 16.1. The fourth-order valence-electron chi connectivity index (χ4n) is 3.23. The van der Waals surface area contributed by atoms with E-state index in [1.807, 2.05) is 36.4 Å². The SMILES string of the molecule is O=C(OOCc1ccccc1)c1cc(-c2ccccc2)c(OCc2ccccc2)c(F)c1F. The average molecular weight is 446 g/mol. The van der Waals surface area contributed by atoms with E-state index in [0.717, 1.165) is 11.1 Å². The number of ether oxygens (including phenoxy) is 1. The maximum absolute atomic E-state index is 15.1. The Hall–Kier alpha value is -4.03. The summed E-state index contributed by atoms with van der Waals surface area (Å²) in [7, 11) is 0. The highest BCUT2D eigenvalue weighted by molar-refractivity contribution is 5.92. The highest BCUT2D eigenvalue weighted by Crippen LogP contribution is 2.36. The van der Waals surface area contributed by atoms with Crippen LogP contribution in [0.15, 0.2) is 97.1 Å². The van der Waals surface area contributed by atoms with Gasteiger partial charge in [0.25, 0.3) is 0 Å². The predicted molar refractivity (Wildman–Crippen MR) is 119 cm³/mol. The molecule has 0 saturated heterocycles. The van der Waals surface area contributed by atoms with Gasteiger partial charge in [-0.05, 0) is 22.8 Å². The van der Waals surface area contributed by atoms with Crippen LogP contribution in [-0.4, -0.2) is 5.97 Å². The molecular weight excluding hydrogens is 426 g/mol. The Labute approximate surface area is 189 Å². The van der Waals surface area contributed by atoms with Gasteiger partial charge in [-0.3, -0.25) is 4.89 Å². The van der Waals surface area contributed by atoms with Gasteiger partial charge >= 0.3 is 5.97 Å². The quantitative estimate of drug-likeness (QED) is 0.229. The Kier molecular flexibility index (Phi) is 7.07. The zero-order valence-electron chi connectivity index (χ0n) is 17.5. The molecule has 4 aromatic rings. The van der Waals surface area contributed by atoms with E-state index >= 15 is 4.39 Å². The van der Waals surface area contributed by atoms with Crippen LogP contribution in [0.4, 0.5) is 8.78 Å². The van der Waals surface area contributed by atoms with Crippen LogP contribution in [0.25, 0.3) is 11.1 Å². The molecule has 0 aliphatic carbocycles. The average Bonchev–Trinajstić information content (AvgIpc) is 2.86. The first kappa shape index (κ1) is 22.2. The molecule has 0 bridgehead atoms. The number of halogens is 2. The number of benzene rings is 4. The third-order valence-electron chi connectivity index (χ3n) is 4.90. The molecule has 0 unspecified atom stereocenters. The lowest BCUT2D eigenvalue weighted by molar-refractivity contribution is -0.250. The van der Waals surface area contributed by atoms with Crippen molar-refractivity contribution in [1.29, 1.82) is 0 Å². The van der Waals surface area contributed by atoms with Crippen LogP contribution in [-0.2, 0) is 23.0 Å². The summed E-state index contributed by atoms with van der Waals surface area (Å²) in [4.78, 5) is 22.2. The normalized spacial score (nSPS) is 10.6. The van der Waals surface area contributed by atoms with Crippen LogP contribution in [0, 0.1) is 11.6 Å². The van der Waals surface area contributed by atoms with Crippen molar-refractivity contribution < 1.29 is 28.1 Å². The summed E-state index contributed by atoms with van der Waals surface area (Å²) in [5.41, 5.74) is 1.73. The highest BCUT2D eigenvalue weighted by Gasteiger charge is 2.26. The first-order valence-electron chi connectivity index (χ1n) is 10.3. The van der Waals surface area contributed by atoms with E-state index < -0.39 is 23.2 Å². The number of carbonyl (C=O) groups is 1. The van der Waals surface area contributed by atoms with Crippen molar-refractivity contribution >= 4 is 5.97 Å². The Morgan fingerprint density at radius 3 is 1.85 bits per heavy atom. The van der Waals surface area contributed by atoms with E-state index in [9.17, 15) is 9.18 Å². The molecule has 4 aromatic carbocycles. The fraction of sp³-hybridized carbons (Fsp3) is 0.0741. The summed E-state index contributed by atoms with van der Waals surface area (Å²) in [6.45, 7) is 0.00150. The van der Waals surface area contributed by atoms with Gasteiger partial charge in [0.05, 0.1) is 0 Å². The molecule has 0 saturated carbocycles. The van der Waals surface area contributed by atoms with Gasteiger partial charge in [-0.25, -0.2) is 9.18 Å². The summed E-state index contributed by atoms with van der Waals surface area (Å²) in [6.07, 6.45) is 0. The molecule has 4 nitrogen and oxygen atoms in total. The van der Waals surface area contributed by atoms with Crippen molar-refractivity contribution in [2.24, 2.45) is 0 Å². The maximum atomic E-state index is 15.1. The Morgan fingerprint density at radius 2 is 1.24 bits per heavy atom. The molecule has 4 rings (SSSR count). The van der Waals surface area contributed by atoms with Crippen LogP contribution in [0.2, 0.25) is 0 Å². The third kappa shape index (κ3) is 5.42. The molecule has 0 atom stereocenters. The molecular formula is C27H20F2O4. The second-order valence-electron chi connectivity index (χ2n) is 7.19. The molecule has 0 aromatic heterocycles. The Bertz CT molecular complexity index is 1210. The second kappa shape index (κ2) is 10.5. The lowest BCUT2D eigenvalue weighted by atomic mass is 10.0. The zero-order chi connectivity index (χ0) is 23.0. The van der Waals surface area contributed by atoms with E-state index in [2.05, 4.69) is 0 Å². The minimum absolute atomic E-state index is 0.0273. The zero-order valence-corrected chi connectivity index (χ0v) is 17.5. The van der Waals surface area contributed by atoms with Gasteiger partial charge in [-0.15, -0.1) is 0 Å². The predicted octanol–water partition coefficient (Wildman–Crippen LogP) is 6.50. The summed E-state index contributed by atoms with van der Waals surface area (Å²) < 4.78 is 35.6. The molecule has 166 valence electrons. The minimum Gasteiger partial charge on any atom is -0.485 e. The fourth-order valence-corrected chi connectivity index (χ4v) is 3.23. The van der Waals surface area contributed by atoms with Crippen LogP contribution in [0.5, 0.6) is 5.75 Å². The molecule has 0 radical (unpaired) electrons. The van der Waals surface area contributed by atoms with E-state index in [4.69, 9.17) is 14.5 Å². The standard InChI is InChI=1S/C27H20F2O4/c28-24-23(27(30)33-32-18-20-12-6-2-7-13-20)16-22(21-14-8-3-9-15-21)26(25(24)29)31-17-19-10-4-1-5-11-19/h1-16H,17-18H2. The summed E-state index contributed by atoms with van der Waals surface area (Å²) >= 11 is 0. The van der Waals surface area contributed by atoms with E-state index in [-0.39, 0.29) is 24.5 Å². The smallest absolute Gasteiger partial charge is 0.376 e. The third-order valence-corrected chi connectivity index (χ3v) is 4.90. The molecule has 0 fully saturated rings. The summed E-state index contributed by atoms with van der Waals surface area (Å²) in [5.74, 6) is -4.08. The maximum Gasteiger partial charge on any atom is 0.376 e. The largest absolute Gasteiger partial charge is 0.485 e. The highest BCUT2D eigenvalue weighted by atomic mass is 19.2. The molecule has 0 amide bonds. The molecule has 0 aliphatic rings. The summed E-state index contributed by atoms with van der Waals surface area (Å²) in [6, 6.07) is 28.0. The van der Waals surface area contributed by atoms with Crippen molar-refractivity contribution in [1.82, 2.24) is 0 Å². The van der Waals surface area contributed by atoms with Gasteiger partial charge in [0.1, 0.15) is 18.8 Å². The number of carbonyl (C=O) groups excluding carboxylic acids is 1. The Balaban J connectivity index is 1.61. The molecule has 0 spiro atoms. The van der Waals surface area contributed by atoms with Crippen molar-refractivity contribution in [3.05, 3.63) is 125 Å². The van der Waals surface area contributed by atoms with E-state index in [1.54, 1.807) is 54.6 Å². The molecule has 33 heavy (non-hydrogen) atoms. The molecule has 0 aliphatic heterocycles. The van der Waals surface area contributed by atoms with Crippen molar-refractivity contribution in [2.45, 2.75) is 13.2 Å². The number of hydrogen-bond acceptors (Lipinski definition) is 4. The van der Waals surface area contributed by atoms with E-state index in [0.29, 0.717) is 5.56 Å². The first-order valence-corrected chi connectivity index (χ1v) is 10.3. The topological polar surface area (TPSA) is 44.8 Å². The molecule has 6 heteroatoms. The molecule has 0 N–H and O–H groups in total. The second-order valence-corrected chi connectivity index (χ2v) is 7.19. The van der Waals surface area contributed by atoms with Gasteiger partial charge in [0.15, 0.2) is 11.6 Å². The van der Waals surface area contributed by atoms with Gasteiger partial charge in [-0.1, -0.05) is 91.0 Å². The van der Waals surface area contributed by atoms with Crippen molar-refractivity contribution in [3.8, 4) is 16.9 Å². The van der Waals surface area contributed by atoms with Crippen molar-refractivity contribution in [3.63, 3.8) is 0 Å². The summed E-state index contributed by atoms with van der Waals surface area (Å²) in [5, 5.41) is 0. The van der Waals surface area contributed by atoms with E-state index in [1.165, 1.54) is 6.07 Å². The van der Waals surface area contributed by atoms with Gasteiger partial charge in [0, 0.05) is 5.56 Å². The van der Waals surface area contributed by atoms with Crippen LogP contribution in [0.1, 0.15) is 21.5 Å². The lowest BCUT2D eigenvalue weighted by Gasteiger charge is -2.15. The van der Waals surface area contributed by atoms with Crippen molar-refractivity contribution in [2.75, 3.05) is 0 Å². The van der Waals surface area contributed by atoms with Crippen LogP contribution in [0.3, 0.4) is 0 Å². The van der Waals surface area contributed by atoms with Gasteiger partial charge in [-0.2, -0.15) is 9.28 Å².